The van der Waals surface area contributed by atoms with Gasteiger partial charge in [-0.2, -0.15) is 4.98 Å². The molecule has 2 aromatic rings. The highest BCUT2D eigenvalue weighted by atomic mass is 35.5. The molecule has 0 unspecified atom stereocenters. The Kier molecular flexibility index (Phi) is 4.74. The van der Waals surface area contributed by atoms with Crippen molar-refractivity contribution < 1.29 is 12.9 Å². The number of rotatable bonds is 5. The molecule has 0 atom stereocenters. The van der Waals surface area contributed by atoms with Gasteiger partial charge in [0.2, 0.25) is 10.0 Å². The Balaban J connectivity index is 2.42. The van der Waals surface area contributed by atoms with E-state index in [0.717, 1.165) is 6.26 Å². The molecule has 10 heteroatoms. The van der Waals surface area contributed by atoms with Crippen molar-refractivity contribution in [2.24, 2.45) is 0 Å². The molecular formula is C13H18ClN5O3S. The van der Waals surface area contributed by atoms with E-state index in [-0.39, 0.29) is 22.7 Å². The lowest BCUT2D eigenvalue weighted by molar-refractivity contribution is 0.381. The van der Waals surface area contributed by atoms with Crippen LogP contribution in [-0.4, -0.2) is 34.8 Å². The van der Waals surface area contributed by atoms with Crippen molar-refractivity contribution in [2.45, 2.75) is 39.2 Å². The summed E-state index contributed by atoms with van der Waals surface area (Å²) in [5.74, 6) is 0.991. The summed E-state index contributed by atoms with van der Waals surface area (Å²) in [4.78, 5) is 12.7. The van der Waals surface area contributed by atoms with Crippen LogP contribution in [0, 0.1) is 0 Å². The van der Waals surface area contributed by atoms with Crippen LogP contribution < -0.4 is 4.72 Å². The number of halogens is 1. The van der Waals surface area contributed by atoms with Gasteiger partial charge in [-0.05, 0) is 13.8 Å². The second-order valence-corrected chi connectivity index (χ2v) is 8.16. The van der Waals surface area contributed by atoms with Crippen molar-refractivity contribution in [3.8, 4) is 11.6 Å². The third kappa shape index (κ3) is 4.24. The first-order chi connectivity index (χ1) is 10.5. The molecular weight excluding hydrogens is 342 g/mol. The first kappa shape index (κ1) is 17.8. The maximum atomic E-state index is 11.4. The fourth-order valence-corrected chi connectivity index (χ4v) is 3.08. The van der Waals surface area contributed by atoms with Crippen molar-refractivity contribution >= 4 is 21.6 Å². The second kappa shape index (κ2) is 6.14. The maximum absolute atomic E-state index is 11.4. The van der Waals surface area contributed by atoms with Crippen LogP contribution in [0.25, 0.3) is 11.6 Å². The smallest absolute Gasteiger partial charge is 0.278 e. The third-order valence-corrected chi connectivity index (χ3v) is 4.07. The zero-order valence-corrected chi connectivity index (χ0v) is 15.0. The molecule has 0 saturated carbocycles. The fraction of sp³-hybridized carbons (Fsp3) is 0.538. The molecule has 126 valence electrons. The fourth-order valence-electron chi connectivity index (χ4n) is 1.89. The lowest BCUT2D eigenvalue weighted by Gasteiger charge is -2.20. The minimum absolute atomic E-state index is 0.108. The summed E-state index contributed by atoms with van der Waals surface area (Å²) >= 11 is 6.10. The van der Waals surface area contributed by atoms with Gasteiger partial charge in [0.1, 0.15) is 5.82 Å². The normalized spacial score (nSPS) is 12.8. The number of nitrogens with zero attached hydrogens (tertiary/aromatic N) is 4. The number of aromatic nitrogens is 4. The predicted octanol–water partition coefficient (Wildman–Crippen LogP) is 2.09. The summed E-state index contributed by atoms with van der Waals surface area (Å²) in [6, 6.07) is 0. The number of sulfonamides is 1. The van der Waals surface area contributed by atoms with Gasteiger partial charge >= 0.3 is 0 Å². The van der Waals surface area contributed by atoms with Crippen molar-refractivity contribution in [2.75, 3.05) is 6.26 Å². The van der Waals surface area contributed by atoms with E-state index in [1.54, 1.807) is 13.8 Å². The van der Waals surface area contributed by atoms with E-state index in [4.69, 9.17) is 16.1 Å². The molecule has 1 N–H and O–H groups in total. The van der Waals surface area contributed by atoms with Crippen LogP contribution in [0.3, 0.4) is 0 Å². The van der Waals surface area contributed by atoms with E-state index in [1.165, 1.54) is 6.20 Å². The van der Waals surface area contributed by atoms with Gasteiger partial charge in [0, 0.05) is 5.92 Å². The Morgan fingerprint density at radius 1 is 1.30 bits per heavy atom. The van der Waals surface area contributed by atoms with Gasteiger partial charge in [-0.1, -0.05) is 30.6 Å². The van der Waals surface area contributed by atoms with E-state index in [0.29, 0.717) is 11.5 Å². The van der Waals surface area contributed by atoms with Gasteiger partial charge in [-0.25, -0.2) is 23.1 Å². The van der Waals surface area contributed by atoms with E-state index in [2.05, 4.69) is 24.8 Å². The van der Waals surface area contributed by atoms with E-state index >= 15 is 0 Å². The van der Waals surface area contributed by atoms with Crippen LogP contribution >= 0.6 is 11.6 Å². The number of hydrogen-bond donors (Lipinski definition) is 1. The highest BCUT2D eigenvalue weighted by molar-refractivity contribution is 7.88. The average molecular weight is 360 g/mol. The molecule has 0 fully saturated rings. The lowest BCUT2D eigenvalue weighted by Crippen LogP contribution is -2.41. The van der Waals surface area contributed by atoms with Gasteiger partial charge in [0.05, 0.1) is 23.0 Å². The SMILES string of the molecule is CC(C)c1ncc(Cl)c(-c2nc(C(C)(C)NS(C)(=O)=O)no2)n1. The monoisotopic (exact) mass is 359 g/mol. The van der Waals surface area contributed by atoms with Gasteiger partial charge in [0.25, 0.3) is 5.89 Å². The Morgan fingerprint density at radius 2 is 1.96 bits per heavy atom. The minimum atomic E-state index is -3.43. The molecule has 0 amide bonds. The number of nitrogens with one attached hydrogen (secondary N) is 1. The average Bonchev–Trinajstić information content (AvgIpc) is 2.86. The maximum Gasteiger partial charge on any atom is 0.278 e. The first-order valence-electron chi connectivity index (χ1n) is 6.85. The summed E-state index contributed by atoms with van der Waals surface area (Å²) < 4.78 is 30.5. The summed E-state index contributed by atoms with van der Waals surface area (Å²) in [6.45, 7) is 7.16. The summed E-state index contributed by atoms with van der Waals surface area (Å²) in [7, 11) is -3.43. The van der Waals surface area contributed by atoms with Crippen LogP contribution in [-0.2, 0) is 15.6 Å². The molecule has 0 spiro atoms. The van der Waals surface area contributed by atoms with Crippen molar-refractivity contribution in [3.05, 3.63) is 22.9 Å². The molecule has 0 aliphatic carbocycles. The third-order valence-electron chi connectivity index (χ3n) is 2.91. The molecule has 2 rings (SSSR count). The van der Waals surface area contributed by atoms with Crippen LogP contribution in [0.1, 0.15) is 45.3 Å². The Labute approximate surface area is 139 Å². The van der Waals surface area contributed by atoms with Gasteiger partial charge < -0.3 is 4.52 Å². The first-order valence-corrected chi connectivity index (χ1v) is 9.12. The van der Waals surface area contributed by atoms with Crippen molar-refractivity contribution in [1.29, 1.82) is 0 Å². The minimum Gasteiger partial charge on any atom is -0.332 e. The standard InChI is InChI=1S/C13H18ClN5O3S/c1-7(2)10-15-6-8(14)9(16-10)11-17-12(18-22-11)13(3,4)19-23(5,20)21/h6-7,19H,1-5H3. The van der Waals surface area contributed by atoms with Crippen LogP contribution in [0.2, 0.25) is 5.02 Å². The summed E-state index contributed by atoms with van der Waals surface area (Å²) in [5.41, 5.74) is -0.713. The second-order valence-electron chi connectivity index (χ2n) is 6.00. The topological polar surface area (TPSA) is 111 Å². The number of hydrogen-bond acceptors (Lipinski definition) is 7. The Bertz CT molecular complexity index is 817. The molecule has 0 bridgehead atoms. The van der Waals surface area contributed by atoms with Gasteiger partial charge in [-0.15, -0.1) is 0 Å². The van der Waals surface area contributed by atoms with E-state index in [9.17, 15) is 8.42 Å². The molecule has 2 heterocycles. The molecule has 0 aromatic carbocycles. The Hall–Kier alpha value is -1.58. The zero-order valence-electron chi connectivity index (χ0n) is 13.5. The zero-order chi connectivity index (χ0) is 17.4. The largest absolute Gasteiger partial charge is 0.332 e. The van der Waals surface area contributed by atoms with Gasteiger partial charge in [-0.3, -0.25) is 0 Å². The van der Waals surface area contributed by atoms with Crippen LogP contribution in [0.15, 0.2) is 10.7 Å². The van der Waals surface area contributed by atoms with E-state index < -0.39 is 15.6 Å². The quantitative estimate of drug-likeness (QED) is 0.869. The van der Waals surface area contributed by atoms with Crippen molar-refractivity contribution in [3.63, 3.8) is 0 Å². The lowest BCUT2D eigenvalue weighted by atomic mass is 10.1. The molecule has 8 nitrogen and oxygen atoms in total. The van der Waals surface area contributed by atoms with E-state index in [1.807, 2.05) is 13.8 Å². The molecule has 2 aromatic heterocycles. The molecule has 0 radical (unpaired) electrons. The highest BCUT2D eigenvalue weighted by Crippen LogP contribution is 2.27. The van der Waals surface area contributed by atoms with Crippen LogP contribution in [0.4, 0.5) is 0 Å². The molecule has 23 heavy (non-hydrogen) atoms. The van der Waals surface area contributed by atoms with Gasteiger partial charge in [0.15, 0.2) is 11.5 Å². The summed E-state index contributed by atoms with van der Waals surface area (Å²) in [5, 5.41) is 4.11. The molecule has 0 saturated heterocycles. The molecule has 0 aliphatic heterocycles. The summed E-state index contributed by atoms with van der Waals surface area (Å²) in [6.07, 6.45) is 2.54. The Morgan fingerprint density at radius 3 is 2.52 bits per heavy atom. The van der Waals surface area contributed by atoms with Crippen molar-refractivity contribution in [1.82, 2.24) is 24.8 Å². The predicted molar refractivity (Wildman–Crippen MR) is 85.4 cm³/mol. The highest BCUT2D eigenvalue weighted by Gasteiger charge is 2.31. The molecule has 0 aliphatic rings. The van der Waals surface area contributed by atoms with Crippen LogP contribution in [0.5, 0.6) is 0 Å².